The van der Waals surface area contributed by atoms with E-state index in [1.54, 1.807) is 0 Å². The summed E-state index contributed by atoms with van der Waals surface area (Å²) in [5.41, 5.74) is 1.35. The van der Waals surface area contributed by atoms with Crippen molar-refractivity contribution in [1.82, 2.24) is 10.6 Å². The highest BCUT2D eigenvalue weighted by Gasteiger charge is 2.25. The molecule has 98 valence electrons. The highest BCUT2D eigenvalue weighted by atomic mass is 16.5. The predicted octanol–water partition coefficient (Wildman–Crippen LogP) is 2.21. The van der Waals surface area contributed by atoms with Crippen LogP contribution in [0.3, 0.4) is 0 Å². The fourth-order valence-electron chi connectivity index (χ4n) is 2.92. The minimum absolute atomic E-state index is 0.188. The summed E-state index contributed by atoms with van der Waals surface area (Å²) < 4.78 is 6.06. The minimum Gasteiger partial charge on any atom is -0.359 e. The molecule has 0 bridgehead atoms. The number of nitrogens with one attached hydrogen (secondary N) is 2. The van der Waals surface area contributed by atoms with E-state index in [0.717, 1.165) is 13.1 Å². The van der Waals surface area contributed by atoms with Gasteiger partial charge in [0, 0.05) is 19.1 Å². The lowest BCUT2D eigenvalue weighted by Gasteiger charge is -2.33. The Balaban J connectivity index is 1.49. The summed E-state index contributed by atoms with van der Waals surface area (Å²) in [5, 5.41) is 7.08. The normalized spacial score (nSPS) is 29.6. The zero-order valence-corrected chi connectivity index (χ0v) is 10.8. The van der Waals surface area contributed by atoms with Crippen molar-refractivity contribution in [3.8, 4) is 0 Å². The number of hydrogen-bond acceptors (Lipinski definition) is 3. The minimum atomic E-state index is 0.188. The second kappa shape index (κ2) is 5.83. The maximum Gasteiger partial charge on any atom is 0.121 e. The smallest absolute Gasteiger partial charge is 0.121 e. The lowest BCUT2D eigenvalue weighted by atomic mass is 10.1. The van der Waals surface area contributed by atoms with Gasteiger partial charge in [0.05, 0.1) is 6.10 Å². The maximum absolute atomic E-state index is 6.06. The van der Waals surface area contributed by atoms with E-state index in [1.165, 1.54) is 31.2 Å². The third kappa shape index (κ3) is 2.91. The Morgan fingerprint density at radius 3 is 2.39 bits per heavy atom. The molecule has 0 radical (unpaired) electrons. The van der Waals surface area contributed by atoms with Crippen molar-refractivity contribution in [1.29, 1.82) is 0 Å². The molecule has 2 fully saturated rings. The van der Waals surface area contributed by atoms with Crippen molar-refractivity contribution in [2.45, 2.75) is 44.1 Å². The van der Waals surface area contributed by atoms with Crippen LogP contribution in [-0.4, -0.2) is 25.4 Å². The second-order valence-corrected chi connectivity index (χ2v) is 5.31. The molecule has 2 atom stereocenters. The zero-order valence-electron chi connectivity index (χ0n) is 10.8. The zero-order chi connectivity index (χ0) is 12.2. The molecule has 2 unspecified atom stereocenters. The first-order valence-electron chi connectivity index (χ1n) is 7.09. The van der Waals surface area contributed by atoms with Gasteiger partial charge in [0.1, 0.15) is 6.23 Å². The molecule has 18 heavy (non-hydrogen) atoms. The summed E-state index contributed by atoms with van der Waals surface area (Å²) in [6.45, 7) is 1.84. The van der Waals surface area contributed by atoms with E-state index in [0.29, 0.717) is 12.1 Å². The Hall–Kier alpha value is -0.900. The third-order valence-corrected chi connectivity index (χ3v) is 3.96. The van der Waals surface area contributed by atoms with Crippen molar-refractivity contribution in [2.24, 2.45) is 0 Å². The van der Waals surface area contributed by atoms with Gasteiger partial charge in [0.25, 0.3) is 0 Å². The molecule has 1 heterocycles. The van der Waals surface area contributed by atoms with Crippen LogP contribution < -0.4 is 10.6 Å². The number of hydrogen-bond donors (Lipinski definition) is 2. The molecule has 2 aliphatic rings. The van der Waals surface area contributed by atoms with E-state index in [9.17, 15) is 0 Å². The lowest BCUT2D eigenvalue weighted by molar-refractivity contribution is -0.0368. The third-order valence-electron chi connectivity index (χ3n) is 3.96. The predicted molar refractivity (Wildman–Crippen MR) is 72.3 cm³/mol. The Kier molecular flexibility index (Phi) is 3.93. The van der Waals surface area contributed by atoms with Crippen LogP contribution in [0.5, 0.6) is 0 Å². The topological polar surface area (TPSA) is 33.3 Å². The van der Waals surface area contributed by atoms with Gasteiger partial charge in [0.15, 0.2) is 0 Å². The molecular formula is C15H22N2O. The molecule has 1 aliphatic carbocycles. The molecule has 1 saturated heterocycles. The van der Waals surface area contributed by atoms with Gasteiger partial charge in [-0.25, -0.2) is 0 Å². The molecular weight excluding hydrogens is 224 g/mol. The Morgan fingerprint density at radius 2 is 1.72 bits per heavy atom. The monoisotopic (exact) mass is 246 g/mol. The van der Waals surface area contributed by atoms with E-state index in [-0.39, 0.29) is 6.23 Å². The first-order chi connectivity index (χ1) is 8.92. The van der Waals surface area contributed by atoms with Gasteiger partial charge in [-0.1, -0.05) is 43.2 Å². The van der Waals surface area contributed by atoms with Crippen LogP contribution >= 0.6 is 0 Å². The van der Waals surface area contributed by atoms with Gasteiger partial charge in [-0.3, -0.25) is 5.32 Å². The largest absolute Gasteiger partial charge is 0.359 e. The SMILES string of the molecule is c1ccc(C2CNC(OC3CCCC3)CN2)cc1. The van der Waals surface area contributed by atoms with Gasteiger partial charge in [0.2, 0.25) is 0 Å². The second-order valence-electron chi connectivity index (χ2n) is 5.31. The van der Waals surface area contributed by atoms with Crippen molar-refractivity contribution < 1.29 is 4.74 Å². The van der Waals surface area contributed by atoms with E-state index in [2.05, 4.69) is 41.0 Å². The molecule has 3 nitrogen and oxygen atoms in total. The Bertz CT molecular complexity index is 354. The van der Waals surface area contributed by atoms with Crippen LogP contribution in [0.15, 0.2) is 30.3 Å². The first-order valence-corrected chi connectivity index (χ1v) is 7.09. The molecule has 0 aromatic heterocycles. The van der Waals surface area contributed by atoms with Gasteiger partial charge in [-0.05, 0) is 18.4 Å². The Labute approximate surface area is 109 Å². The summed E-state index contributed by atoms with van der Waals surface area (Å²) >= 11 is 0. The molecule has 0 spiro atoms. The van der Waals surface area contributed by atoms with E-state index in [1.807, 2.05) is 0 Å². The van der Waals surface area contributed by atoms with Crippen LogP contribution in [0.1, 0.15) is 37.3 Å². The van der Waals surface area contributed by atoms with Gasteiger partial charge in [-0.15, -0.1) is 0 Å². The van der Waals surface area contributed by atoms with Crippen LogP contribution in [0.2, 0.25) is 0 Å². The molecule has 3 rings (SSSR count). The summed E-state index contributed by atoms with van der Waals surface area (Å²) in [7, 11) is 0. The first kappa shape index (κ1) is 12.2. The molecule has 2 N–H and O–H groups in total. The van der Waals surface area contributed by atoms with Crippen molar-refractivity contribution in [2.75, 3.05) is 13.1 Å². The van der Waals surface area contributed by atoms with Gasteiger partial charge >= 0.3 is 0 Å². The molecule has 1 aromatic rings. The average molecular weight is 246 g/mol. The molecule has 1 saturated carbocycles. The number of piperazine rings is 1. The average Bonchev–Trinajstić information content (AvgIpc) is 2.94. The van der Waals surface area contributed by atoms with Crippen LogP contribution in [-0.2, 0) is 4.74 Å². The fourth-order valence-corrected chi connectivity index (χ4v) is 2.92. The number of benzene rings is 1. The maximum atomic E-state index is 6.06. The molecule has 3 heteroatoms. The summed E-state index contributed by atoms with van der Waals surface area (Å²) in [4.78, 5) is 0. The highest BCUT2D eigenvalue weighted by molar-refractivity contribution is 5.19. The van der Waals surface area contributed by atoms with Gasteiger partial charge < -0.3 is 10.1 Å². The number of ether oxygens (including phenoxy) is 1. The highest BCUT2D eigenvalue weighted by Crippen LogP contribution is 2.23. The van der Waals surface area contributed by atoms with E-state index < -0.39 is 0 Å². The summed E-state index contributed by atoms with van der Waals surface area (Å²) in [6, 6.07) is 11.0. The molecule has 0 amide bonds. The fraction of sp³-hybridized carbons (Fsp3) is 0.600. The van der Waals surface area contributed by atoms with E-state index >= 15 is 0 Å². The van der Waals surface area contributed by atoms with Crippen LogP contribution in [0.4, 0.5) is 0 Å². The van der Waals surface area contributed by atoms with Crippen molar-refractivity contribution in [3.05, 3.63) is 35.9 Å². The van der Waals surface area contributed by atoms with Crippen LogP contribution in [0.25, 0.3) is 0 Å². The van der Waals surface area contributed by atoms with Crippen molar-refractivity contribution in [3.63, 3.8) is 0 Å². The van der Waals surface area contributed by atoms with Gasteiger partial charge in [-0.2, -0.15) is 0 Å². The lowest BCUT2D eigenvalue weighted by Crippen LogP contribution is -2.52. The number of rotatable bonds is 3. The molecule has 1 aromatic carbocycles. The summed E-state index contributed by atoms with van der Waals surface area (Å²) in [6.07, 6.45) is 5.81. The van der Waals surface area contributed by atoms with E-state index in [4.69, 9.17) is 4.74 Å². The Morgan fingerprint density at radius 1 is 0.944 bits per heavy atom. The summed E-state index contributed by atoms with van der Waals surface area (Å²) in [5.74, 6) is 0. The van der Waals surface area contributed by atoms with Crippen LogP contribution in [0, 0.1) is 0 Å². The standard InChI is InChI=1S/C15H22N2O/c1-2-6-12(7-3-1)14-10-17-15(11-16-14)18-13-8-4-5-9-13/h1-3,6-7,13-17H,4-5,8-11H2. The quantitative estimate of drug-likeness (QED) is 0.858. The molecule has 1 aliphatic heterocycles. The van der Waals surface area contributed by atoms with Crippen molar-refractivity contribution >= 4 is 0 Å².